The fourth-order valence-electron chi connectivity index (χ4n) is 4.29. The van der Waals surface area contributed by atoms with Gasteiger partial charge in [0.15, 0.2) is 0 Å². The van der Waals surface area contributed by atoms with Crippen LogP contribution >= 0.6 is 0 Å². The molecular weight excluding hydrogens is 474 g/mol. The van der Waals surface area contributed by atoms with Gasteiger partial charge in [-0.3, -0.25) is 14.4 Å². The molecule has 199 valence electrons. The van der Waals surface area contributed by atoms with E-state index in [-0.39, 0.29) is 23.8 Å². The Morgan fingerprint density at radius 2 is 1.53 bits per heavy atom. The number of hydrogen-bond donors (Lipinski definition) is 2. The number of para-hydroxylation sites is 1. The van der Waals surface area contributed by atoms with E-state index in [2.05, 4.69) is 24.5 Å². The highest BCUT2D eigenvalue weighted by atomic mass is 16.2. The molecule has 0 aliphatic heterocycles. The minimum atomic E-state index is -0.575. The quantitative estimate of drug-likeness (QED) is 0.286. The van der Waals surface area contributed by atoms with E-state index in [1.807, 2.05) is 60.7 Å². The summed E-state index contributed by atoms with van der Waals surface area (Å²) in [5, 5.41) is 5.97. The Balaban J connectivity index is 1.70. The largest absolute Gasteiger partial charge is 0.349 e. The molecule has 2 atom stereocenters. The molecule has 0 aromatic heterocycles. The van der Waals surface area contributed by atoms with E-state index >= 15 is 0 Å². The second kappa shape index (κ2) is 14.7. The topological polar surface area (TPSA) is 78.5 Å². The summed E-state index contributed by atoms with van der Waals surface area (Å²) in [6.07, 6.45) is 4.02. The molecule has 2 N–H and O–H groups in total. The second-order valence-corrected chi connectivity index (χ2v) is 9.66. The normalized spacial score (nSPS) is 12.3. The predicted octanol–water partition coefficient (Wildman–Crippen LogP) is 5.77. The van der Waals surface area contributed by atoms with Gasteiger partial charge in [0.2, 0.25) is 5.91 Å². The smallest absolute Gasteiger partial charge is 0.253 e. The van der Waals surface area contributed by atoms with Crippen LogP contribution in [0.25, 0.3) is 0 Å². The molecule has 3 aromatic carbocycles. The number of amides is 3. The Kier molecular flexibility index (Phi) is 11.1. The maximum atomic E-state index is 13.3. The van der Waals surface area contributed by atoms with E-state index in [9.17, 15) is 14.4 Å². The van der Waals surface area contributed by atoms with Gasteiger partial charge in [-0.2, -0.15) is 0 Å². The highest BCUT2D eigenvalue weighted by Gasteiger charge is 2.22. The molecule has 6 heteroatoms. The van der Waals surface area contributed by atoms with Gasteiger partial charge in [-0.15, -0.1) is 0 Å². The van der Waals surface area contributed by atoms with Crippen LogP contribution in [0.1, 0.15) is 58.9 Å². The number of carbonyl (C=O) groups excluding carboxylic acids is 3. The van der Waals surface area contributed by atoms with Crippen LogP contribution in [0.2, 0.25) is 0 Å². The Bertz CT molecular complexity index is 1180. The van der Waals surface area contributed by atoms with Crippen molar-refractivity contribution in [2.75, 3.05) is 18.9 Å². The van der Waals surface area contributed by atoms with Gasteiger partial charge in [0, 0.05) is 42.4 Å². The van der Waals surface area contributed by atoms with Crippen molar-refractivity contribution in [2.45, 2.75) is 45.1 Å². The van der Waals surface area contributed by atoms with E-state index in [0.717, 1.165) is 24.8 Å². The molecule has 1 unspecified atom stereocenters. The fourth-order valence-corrected chi connectivity index (χ4v) is 4.29. The van der Waals surface area contributed by atoms with E-state index < -0.39 is 5.92 Å². The van der Waals surface area contributed by atoms with E-state index in [0.29, 0.717) is 36.2 Å². The summed E-state index contributed by atoms with van der Waals surface area (Å²) in [5.41, 5.74) is 2.64. The molecular formula is C32H38N3O3. The molecule has 0 heterocycles. The fraction of sp³-hybridized carbons (Fsp3) is 0.312. The number of hydrogen-bond acceptors (Lipinski definition) is 3. The lowest BCUT2D eigenvalue weighted by atomic mass is 9.95. The van der Waals surface area contributed by atoms with Gasteiger partial charge in [-0.1, -0.05) is 74.4 Å². The molecule has 1 radical (unpaired) electrons. The zero-order valence-electron chi connectivity index (χ0n) is 22.4. The van der Waals surface area contributed by atoms with Gasteiger partial charge < -0.3 is 15.5 Å². The predicted molar refractivity (Wildman–Crippen MR) is 153 cm³/mol. The first-order chi connectivity index (χ1) is 18.4. The minimum Gasteiger partial charge on any atom is -0.349 e. The monoisotopic (exact) mass is 512 g/mol. The van der Waals surface area contributed by atoms with Crippen molar-refractivity contribution in [2.24, 2.45) is 5.92 Å². The Labute approximate surface area is 226 Å². The Hall–Kier alpha value is -3.93. The number of nitrogens with one attached hydrogen (secondary N) is 2. The van der Waals surface area contributed by atoms with Gasteiger partial charge in [0.25, 0.3) is 11.8 Å². The van der Waals surface area contributed by atoms with Crippen LogP contribution in [-0.2, 0) is 11.2 Å². The summed E-state index contributed by atoms with van der Waals surface area (Å²) in [7, 11) is 1.79. The van der Waals surface area contributed by atoms with Crippen molar-refractivity contribution in [3.05, 3.63) is 109 Å². The first-order valence-corrected chi connectivity index (χ1v) is 13.3. The molecule has 0 saturated carbocycles. The maximum absolute atomic E-state index is 13.3. The molecule has 0 saturated heterocycles. The van der Waals surface area contributed by atoms with E-state index in [1.165, 1.54) is 0 Å². The van der Waals surface area contributed by atoms with Crippen LogP contribution < -0.4 is 10.6 Å². The number of carbonyl (C=O) groups is 3. The summed E-state index contributed by atoms with van der Waals surface area (Å²) in [5.74, 6) is -1.17. The average molecular weight is 513 g/mol. The van der Waals surface area contributed by atoms with Gasteiger partial charge in [0.05, 0.1) is 0 Å². The van der Waals surface area contributed by atoms with Crippen molar-refractivity contribution in [1.29, 1.82) is 0 Å². The first-order valence-electron chi connectivity index (χ1n) is 13.3. The molecule has 0 aliphatic rings. The number of rotatable bonds is 13. The summed E-state index contributed by atoms with van der Waals surface area (Å²) in [6.45, 7) is 6.87. The number of benzene rings is 3. The average Bonchev–Trinajstić information content (AvgIpc) is 2.93. The Morgan fingerprint density at radius 1 is 0.868 bits per heavy atom. The van der Waals surface area contributed by atoms with Crippen LogP contribution in [0.4, 0.5) is 5.69 Å². The molecule has 0 bridgehead atoms. The standard InChI is InChI=1S/C32H38N3O3/c1-4-5-12-20-35(3)32(38)27-17-13-16-26(23-27)31(37)34-29(22-25-14-8-6-9-15-25)21-24(2)30(36)33-28-18-10-7-11-19-28/h6-11,13-19,23-24,29H,2,4-5,12,20-22H2,1,3H3,(H,33,36)(H,34,37)/t24?,29-/m1/s1. The van der Waals surface area contributed by atoms with Crippen molar-refractivity contribution >= 4 is 23.4 Å². The minimum absolute atomic E-state index is 0.105. The lowest BCUT2D eigenvalue weighted by Gasteiger charge is -2.23. The molecule has 0 aliphatic carbocycles. The molecule has 38 heavy (non-hydrogen) atoms. The third-order valence-corrected chi connectivity index (χ3v) is 6.46. The van der Waals surface area contributed by atoms with Gasteiger partial charge in [-0.25, -0.2) is 0 Å². The summed E-state index contributed by atoms with van der Waals surface area (Å²) in [6, 6.07) is 25.5. The van der Waals surface area contributed by atoms with Crippen LogP contribution in [0.5, 0.6) is 0 Å². The summed E-state index contributed by atoms with van der Waals surface area (Å²) >= 11 is 0. The zero-order valence-corrected chi connectivity index (χ0v) is 22.4. The zero-order chi connectivity index (χ0) is 27.3. The van der Waals surface area contributed by atoms with E-state index in [4.69, 9.17) is 0 Å². The van der Waals surface area contributed by atoms with Crippen molar-refractivity contribution in [3.8, 4) is 0 Å². The molecule has 6 nitrogen and oxygen atoms in total. The highest BCUT2D eigenvalue weighted by Crippen LogP contribution is 2.16. The third kappa shape index (κ3) is 8.87. The summed E-state index contributed by atoms with van der Waals surface area (Å²) in [4.78, 5) is 40.7. The maximum Gasteiger partial charge on any atom is 0.253 e. The number of anilines is 1. The second-order valence-electron chi connectivity index (χ2n) is 9.66. The molecule has 3 amide bonds. The molecule has 0 spiro atoms. The van der Waals surface area contributed by atoms with Crippen LogP contribution in [0, 0.1) is 12.8 Å². The van der Waals surface area contributed by atoms with Crippen LogP contribution in [0.3, 0.4) is 0 Å². The van der Waals surface area contributed by atoms with Gasteiger partial charge in [-0.05, 0) is 62.1 Å². The van der Waals surface area contributed by atoms with Crippen molar-refractivity contribution in [1.82, 2.24) is 10.2 Å². The van der Waals surface area contributed by atoms with Crippen molar-refractivity contribution in [3.63, 3.8) is 0 Å². The van der Waals surface area contributed by atoms with Gasteiger partial charge in [0.1, 0.15) is 0 Å². The summed E-state index contributed by atoms with van der Waals surface area (Å²) < 4.78 is 0. The lowest BCUT2D eigenvalue weighted by molar-refractivity contribution is -0.119. The van der Waals surface area contributed by atoms with Crippen LogP contribution in [-0.4, -0.2) is 42.3 Å². The number of unbranched alkanes of at least 4 members (excludes halogenated alkanes) is 2. The number of nitrogens with zero attached hydrogens (tertiary/aromatic N) is 1. The third-order valence-electron chi connectivity index (χ3n) is 6.46. The molecule has 0 fully saturated rings. The van der Waals surface area contributed by atoms with Crippen LogP contribution in [0.15, 0.2) is 84.9 Å². The first kappa shape index (κ1) is 28.6. The lowest BCUT2D eigenvalue weighted by Crippen LogP contribution is -2.39. The SMILES string of the molecule is [CH2]C(C[C@H](Cc1ccccc1)NC(=O)c1cccc(C(=O)N(C)CCCCC)c1)C(=O)Nc1ccccc1. The van der Waals surface area contributed by atoms with E-state index in [1.54, 1.807) is 36.2 Å². The highest BCUT2D eigenvalue weighted by molar-refractivity contribution is 5.99. The van der Waals surface area contributed by atoms with Gasteiger partial charge >= 0.3 is 0 Å². The Morgan fingerprint density at radius 3 is 2.21 bits per heavy atom. The molecule has 3 rings (SSSR count). The molecule has 3 aromatic rings. The van der Waals surface area contributed by atoms with Crippen molar-refractivity contribution < 1.29 is 14.4 Å².